The highest BCUT2D eigenvalue weighted by Gasteiger charge is 2.18. The minimum absolute atomic E-state index is 0.156. The van der Waals surface area contributed by atoms with Crippen molar-refractivity contribution in [3.63, 3.8) is 0 Å². The van der Waals surface area contributed by atoms with Crippen molar-refractivity contribution in [3.05, 3.63) is 0 Å². The molecule has 1 aliphatic rings. The van der Waals surface area contributed by atoms with E-state index in [1.165, 1.54) is 44.9 Å². The minimum Gasteiger partial charge on any atom is -0.392 e. The average Bonchev–Trinajstić information content (AvgIpc) is 3.38. The van der Waals surface area contributed by atoms with Crippen molar-refractivity contribution in [1.82, 2.24) is 5.32 Å². The summed E-state index contributed by atoms with van der Waals surface area (Å²) in [4.78, 5) is 0. The minimum atomic E-state index is -0.156. The molecular formula is C18H42N2O2. The summed E-state index contributed by atoms with van der Waals surface area (Å²) in [7, 11) is 0. The molecule has 0 amide bonds. The topological polar surface area (TPSA) is 70.8 Å². The summed E-state index contributed by atoms with van der Waals surface area (Å²) in [5.41, 5.74) is 5.21. The average molecular weight is 319 g/mol. The number of aliphatic hydroxyl groups is 1. The number of epoxide rings is 1. The Morgan fingerprint density at radius 3 is 2.00 bits per heavy atom. The van der Waals surface area contributed by atoms with Crippen LogP contribution in [0.2, 0.25) is 0 Å². The summed E-state index contributed by atoms with van der Waals surface area (Å²) in [5.74, 6) is 0. The van der Waals surface area contributed by atoms with E-state index in [-0.39, 0.29) is 6.10 Å². The van der Waals surface area contributed by atoms with E-state index in [0.717, 1.165) is 32.7 Å². The van der Waals surface area contributed by atoms with Gasteiger partial charge in [0, 0.05) is 6.54 Å². The van der Waals surface area contributed by atoms with Gasteiger partial charge in [-0.3, -0.25) is 0 Å². The Kier molecular flexibility index (Phi) is 22.8. The maximum atomic E-state index is 9.15. The second kappa shape index (κ2) is 20.8. The number of rotatable bonds is 11. The van der Waals surface area contributed by atoms with Gasteiger partial charge in [-0.05, 0) is 38.8 Å². The molecule has 1 aliphatic heterocycles. The number of hydrogen-bond acceptors (Lipinski definition) is 4. The predicted octanol–water partition coefficient (Wildman–Crippen LogP) is 3.47. The second-order valence-electron chi connectivity index (χ2n) is 5.83. The van der Waals surface area contributed by atoms with Crippen LogP contribution in [0.3, 0.4) is 0 Å². The number of hydrogen-bond donors (Lipinski definition) is 3. The van der Waals surface area contributed by atoms with E-state index in [1.54, 1.807) is 0 Å². The summed E-state index contributed by atoms with van der Waals surface area (Å²) < 4.78 is 4.86. The molecule has 136 valence electrons. The smallest absolute Gasteiger partial charge is 0.0807 e. The third kappa shape index (κ3) is 24.8. The maximum absolute atomic E-state index is 9.15. The van der Waals surface area contributed by atoms with E-state index in [9.17, 15) is 0 Å². The first-order valence-corrected chi connectivity index (χ1v) is 9.36. The lowest BCUT2D eigenvalue weighted by molar-refractivity contribution is 0.167. The normalized spacial score (nSPS) is 16.9. The van der Waals surface area contributed by atoms with Gasteiger partial charge in [0.05, 0.1) is 18.8 Å². The van der Waals surface area contributed by atoms with Gasteiger partial charge in [-0.25, -0.2) is 0 Å². The van der Waals surface area contributed by atoms with E-state index >= 15 is 0 Å². The first-order chi connectivity index (χ1) is 10.7. The molecule has 4 heteroatoms. The van der Waals surface area contributed by atoms with Crippen LogP contribution in [-0.4, -0.2) is 43.6 Å². The van der Waals surface area contributed by atoms with Crippen LogP contribution in [-0.2, 0) is 4.74 Å². The lowest BCUT2D eigenvalue weighted by Gasteiger charge is -2.08. The quantitative estimate of drug-likeness (QED) is 0.403. The van der Waals surface area contributed by atoms with Gasteiger partial charge in [0.25, 0.3) is 0 Å². The van der Waals surface area contributed by atoms with Gasteiger partial charge >= 0.3 is 0 Å². The third-order valence-corrected chi connectivity index (χ3v) is 3.47. The van der Waals surface area contributed by atoms with Crippen molar-refractivity contribution in [1.29, 1.82) is 0 Å². The summed E-state index contributed by atoms with van der Waals surface area (Å²) in [6, 6.07) is 0. The molecule has 0 radical (unpaired) electrons. The van der Waals surface area contributed by atoms with Gasteiger partial charge in [-0.1, -0.05) is 53.4 Å². The Balaban J connectivity index is 0. The zero-order chi connectivity index (χ0) is 17.1. The fraction of sp³-hybridized carbons (Fsp3) is 1.00. The molecule has 4 N–H and O–H groups in total. The summed E-state index contributed by atoms with van der Waals surface area (Å²) in [6.07, 6.45) is 10.1. The Hall–Kier alpha value is -0.160. The van der Waals surface area contributed by atoms with Gasteiger partial charge in [0.1, 0.15) is 0 Å². The standard InChI is InChI=1S/C9H21NO.C5H13N.C4H8O/c1-3-5-6-7-10-8-9(11)4-2;1-2-3-4-5-6;1-2-4-3-5-4/h9-11H,3-8H2,1-2H3;2-6H2,1H3;4H,2-3H2,1H3. The third-order valence-electron chi connectivity index (χ3n) is 3.47. The first-order valence-electron chi connectivity index (χ1n) is 9.36. The number of nitrogens with two attached hydrogens (primary N) is 1. The van der Waals surface area contributed by atoms with Crippen LogP contribution >= 0.6 is 0 Å². The number of nitrogens with one attached hydrogen (secondary N) is 1. The van der Waals surface area contributed by atoms with E-state index < -0.39 is 0 Å². The van der Waals surface area contributed by atoms with Crippen LogP contribution in [0.4, 0.5) is 0 Å². The van der Waals surface area contributed by atoms with Crippen LogP contribution in [0.1, 0.15) is 79.1 Å². The molecule has 22 heavy (non-hydrogen) atoms. The van der Waals surface area contributed by atoms with Crippen molar-refractivity contribution < 1.29 is 9.84 Å². The molecule has 2 atom stereocenters. The highest BCUT2D eigenvalue weighted by molar-refractivity contribution is 4.64. The van der Waals surface area contributed by atoms with Crippen LogP contribution in [0.15, 0.2) is 0 Å². The molecule has 0 saturated carbocycles. The monoisotopic (exact) mass is 318 g/mol. The molecule has 0 bridgehead atoms. The Morgan fingerprint density at radius 1 is 1.09 bits per heavy atom. The van der Waals surface area contributed by atoms with Crippen LogP contribution in [0.25, 0.3) is 0 Å². The number of ether oxygens (including phenoxy) is 1. The SMILES string of the molecule is CCC1CO1.CCCCCN.CCCCCNCC(O)CC. The Bertz CT molecular complexity index is 184. The Labute approximate surface area is 139 Å². The van der Waals surface area contributed by atoms with Crippen LogP contribution < -0.4 is 11.1 Å². The largest absolute Gasteiger partial charge is 0.392 e. The Morgan fingerprint density at radius 2 is 1.68 bits per heavy atom. The lowest BCUT2D eigenvalue weighted by atomic mass is 10.2. The van der Waals surface area contributed by atoms with E-state index in [4.69, 9.17) is 15.6 Å². The van der Waals surface area contributed by atoms with Crippen molar-refractivity contribution in [3.8, 4) is 0 Å². The van der Waals surface area contributed by atoms with Gasteiger partial charge in [-0.2, -0.15) is 0 Å². The molecule has 4 nitrogen and oxygen atoms in total. The number of aliphatic hydroxyl groups excluding tert-OH is 1. The molecule has 1 heterocycles. The highest BCUT2D eigenvalue weighted by atomic mass is 16.6. The van der Waals surface area contributed by atoms with Gasteiger partial charge in [0.2, 0.25) is 0 Å². The van der Waals surface area contributed by atoms with Gasteiger partial charge in [-0.15, -0.1) is 0 Å². The van der Waals surface area contributed by atoms with Gasteiger partial charge in [0.15, 0.2) is 0 Å². The molecule has 1 saturated heterocycles. The second-order valence-corrected chi connectivity index (χ2v) is 5.83. The molecule has 0 aromatic heterocycles. The zero-order valence-electron chi connectivity index (χ0n) is 15.6. The maximum Gasteiger partial charge on any atom is 0.0807 e. The van der Waals surface area contributed by atoms with Crippen LogP contribution in [0.5, 0.6) is 0 Å². The van der Waals surface area contributed by atoms with E-state index in [1.807, 2.05) is 6.92 Å². The highest BCUT2D eigenvalue weighted by Crippen LogP contribution is 2.10. The predicted molar refractivity (Wildman–Crippen MR) is 97.3 cm³/mol. The molecular weight excluding hydrogens is 276 g/mol. The van der Waals surface area contributed by atoms with E-state index in [0.29, 0.717) is 6.10 Å². The molecule has 0 aliphatic carbocycles. The fourth-order valence-corrected chi connectivity index (χ4v) is 1.61. The summed E-state index contributed by atoms with van der Waals surface area (Å²) >= 11 is 0. The van der Waals surface area contributed by atoms with Crippen molar-refractivity contribution in [2.24, 2.45) is 5.73 Å². The van der Waals surface area contributed by atoms with Crippen molar-refractivity contribution in [2.75, 3.05) is 26.2 Å². The molecule has 0 spiro atoms. The van der Waals surface area contributed by atoms with Gasteiger partial charge < -0.3 is 20.9 Å². The van der Waals surface area contributed by atoms with Crippen molar-refractivity contribution in [2.45, 2.75) is 91.3 Å². The fourth-order valence-electron chi connectivity index (χ4n) is 1.61. The lowest BCUT2D eigenvalue weighted by Crippen LogP contribution is -2.26. The number of unbranched alkanes of at least 4 members (excludes halogenated alkanes) is 4. The molecule has 2 unspecified atom stereocenters. The summed E-state index contributed by atoms with van der Waals surface area (Å²) in [5, 5.41) is 12.4. The van der Waals surface area contributed by atoms with E-state index in [2.05, 4.69) is 26.1 Å². The zero-order valence-corrected chi connectivity index (χ0v) is 15.6. The summed E-state index contributed by atoms with van der Waals surface area (Å²) in [6.45, 7) is 12.2. The molecule has 0 aromatic carbocycles. The van der Waals surface area contributed by atoms with Crippen LogP contribution in [0, 0.1) is 0 Å². The molecule has 0 aromatic rings. The molecule has 1 rings (SSSR count). The molecule has 1 fully saturated rings. The first kappa shape index (κ1) is 24.1. The van der Waals surface area contributed by atoms with Crippen molar-refractivity contribution >= 4 is 0 Å².